The topological polar surface area (TPSA) is 24.9 Å². The molecule has 0 aliphatic heterocycles. The molecule has 2 nitrogen and oxygen atoms in total. The molecule has 100 valence electrons. The molecule has 0 saturated carbocycles. The smallest absolute Gasteiger partial charge is 0.0447 e. The zero-order valence-corrected chi connectivity index (χ0v) is 12.0. The van der Waals surface area contributed by atoms with E-state index >= 15 is 0 Å². The summed E-state index contributed by atoms with van der Waals surface area (Å²) in [5.74, 6) is 0. The molecule has 0 unspecified atom stereocenters. The average molecular weight is 275 g/mol. The molecule has 1 aromatic heterocycles. The van der Waals surface area contributed by atoms with Gasteiger partial charge in [-0.3, -0.25) is 4.98 Å². The second kappa shape index (κ2) is 7.27. The number of nitrogens with zero attached hydrogens (tertiary/aromatic N) is 1. The minimum absolute atomic E-state index is 0.780. The van der Waals surface area contributed by atoms with Crippen LogP contribution in [0, 0.1) is 0 Å². The van der Waals surface area contributed by atoms with Crippen LogP contribution in [0.2, 0.25) is 5.02 Å². The minimum Gasteiger partial charge on any atom is -0.313 e. The first-order valence-electron chi connectivity index (χ1n) is 6.67. The largest absolute Gasteiger partial charge is 0.313 e. The Hall–Kier alpha value is -1.38. The molecular weight excluding hydrogens is 256 g/mol. The van der Waals surface area contributed by atoms with Crippen LogP contribution in [-0.4, -0.2) is 11.5 Å². The molecule has 0 aliphatic carbocycles. The summed E-state index contributed by atoms with van der Waals surface area (Å²) in [6, 6.07) is 12.2. The van der Waals surface area contributed by atoms with Crippen molar-refractivity contribution >= 4 is 11.6 Å². The molecule has 0 aliphatic rings. The fraction of sp³-hybridized carbons (Fsp3) is 0.312. The minimum atomic E-state index is 0.780. The number of halogens is 1. The van der Waals surface area contributed by atoms with Crippen LogP contribution in [0.3, 0.4) is 0 Å². The van der Waals surface area contributed by atoms with Crippen molar-refractivity contribution in [3.63, 3.8) is 0 Å². The Bertz CT molecular complexity index is 511. The first-order valence-corrected chi connectivity index (χ1v) is 7.05. The van der Waals surface area contributed by atoms with E-state index in [-0.39, 0.29) is 0 Å². The van der Waals surface area contributed by atoms with Gasteiger partial charge in [0.25, 0.3) is 0 Å². The van der Waals surface area contributed by atoms with Gasteiger partial charge in [0.05, 0.1) is 0 Å². The second-order valence-electron chi connectivity index (χ2n) is 4.60. The third kappa shape index (κ3) is 4.34. The number of rotatable bonds is 6. The predicted octanol–water partition coefficient (Wildman–Crippen LogP) is 3.83. The van der Waals surface area contributed by atoms with Crippen LogP contribution < -0.4 is 5.32 Å². The fourth-order valence-electron chi connectivity index (χ4n) is 1.95. The third-order valence-electron chi connectivity index (χ3n) is 2.97. The van der Waals surface area contributed by atoms with E-state index in [1.165, 1.54) is 5.56 Å². The first-order chi connectivity index (χ1) is 9.29. The highest BCUT2D eigenvalue weighted by atomic mass is 35.5. The predicted molar refractivity (Wildman–Crippen MR) is 80.5 cm³/mol. The Labute approximate surface area is 119 Å². The van der Waals surface area contributed by atoms with Crippen LogP contribution >= 0.6 is 11.6 Å². The monoisotopic (exact) mass is 274 g/mol. The lowest BCUT2D eigenvalue weighted by molar-refractivity contribution is 0.675. The number of aromatic nitrogens is 1. The van der Waals surface area contributed by atoms with Gasteiger partial charge in [-0.05, 0) is 42.3 Å². The summed E-state index contributed by atoms with van der Waals surface area (Å²) >= 11 is 6.34. The lowest BCUT2D eigenvalue weighted by atomic mass is 10.1. The highest BCUT2D eigenvalue weighted by Gasteiger charge is 2.04. The standard InChI is InChI=1S/C16H19ClN2/c1-2-8-18-12-13-6-7-14(16(17)10-13)11-15-5-3-4-9-19-15/h3-7,9-10,18H,2,8,11-12H2,1H3. The van der Waals surface area contributed by atoms with E-state index in [0.29, 0.717) is 0 Å². The van der Waals surface area contributed by atoms with E-state index in [2.05, 4.69) is 29.4 Å². The van der Waals surface area contributed by atoms with Crippen molar-refractivity contribution in [3.05, 3.63) is 64.4 Å². The van der Waals surface area contributed by atoms with Gasteiger partial charge in [-0.15, -0.1) is 0 Å². The third-order valence-corrected chi connectivity index (χ3v) is 3.32. The molecule has 0 atom stereocenters. The van der Waals surface area contributed by atoms with Crippen LogP contribution in [0.1, 0.15) is 30.2 Å². The van der Waals surface area contributed by atoms with Gasteiger partial charge in [0.1, 0.15) is 0 Å². The Morgan fingerprint density at radius 1 is 1.21 bits per heavy atom. The molecule has 2 rings (SSSR count). The zero-order valence-electron chi connectivity index (χ0n) is 11.2. The Balaban J connectivity index is 2.03. The molecule has 0 saturated heterocycles. The van der Waals surface area contributed by atoms with Crippen molar-refractivity contribution in [1.82, 2.24) is 10.3 Å². The summed E-state index contributed by atoms with van der Waals surface area (Å²) < 4.78 is 0. The quantitative estimate of drug-likeness (QED) is 0.810. The van der Waals surface area contributed by atoms with Gasteiger partial charge in [-0.1, -0.05) is 36.7 Å². The van der Waals surface area contributed by atoms with Crippen LogP contribution in [0.4, 0.5) is 0 Å². The van der Waals surface area contributed by atoms with Crippen LogP contribution in [0.15, 0.2) is 42.6 Å². The van der Waals surface area contributed by atoms with E-state index in [0.717, 1.165) is 42.2 Å². The highest BCUT2D eigenvalue weighted by Crippen LogP contribution is 2.20. The van der Waals surface area contributed by atoms with Gasteiger partial charge < -0.3 is 5.32 Å². The van der Waals surface area contributed by atoms with Crippen molar-refractivity contribution in [2.45, 2.75) is 26.3 Å². The molecule has 0 bridgehead atoms. The Kier molecular flexibility index (Phi) is 5.37. The average Bonchev–Trinajstić information content (AvgIpc) is 2.43. The second-order valence-corrected chi connectivity index (χ2v) is 5.01. The SMILES string of the molecule is CCCNCc1ccc(Cc2ccccn2)c(Cl)c1. The highest BCUT2D eigenvalue weighted by molar-refractivity contribution is 6.31. The number of hydrogen-bond acceptors (Lipinski definition) is 2. The summed E-state index contributed by atoms with van der Waals surface area (Å²) in [4.78, 5) is 4.33. The van der Waals surface area contributed by atoms with Gasteiger partial charge in [0.15, 0.2) is 0 Å². The van der Waals surface area contributed by atoms with Crippen LogP contribution in [0.5, 0.6) is 0 Å². The molecule has 0 spiro atoms. The lowest BCUT2D eigenvalue weighted by Gasteiger charge is -2.08. The van der Waals surface area contributed by atoms with E-state index < -0.39 is 0 Å². The number of pyridine rings is 1. The zero-order chi connectivity index (χ0) is 13.5. The molecule has 0 radical (unpaired) electrons. The molecular formula is C16H19ClN2. The maximum absolute atomic E-state index is 6.34. The van der Waals surface area contributed by atoms with Crippen molar-refractivity contribution in [3.8, 4) is 0 Å². The summed E-state index contributed by atoms with van der Waals surface area (Å²) in [5, 5.41) is 4.20. The van der Waals surface area contributed by atoms with Gasteiger partial charge in [-0.2, -0.15) is 0 Å². The summed E-state index contributed by atoms with van der Waals surface area (Å²) in [5.41, 5.74) is 3.39. The molecule has 1 heterocycles. The van der Waals surface area contributed by atoms with E-state index in [1.54, 1.807) is 0 Å². The summed E-state index contributed by atoms with van der Waals surface area (Å²) in [6.07, 6.45) is 3.74. The van der Waals surface area contributed by atoms with Crippen molar-refractivity contribution in [2.24, 2.45) is 0 Å². The van der Waals surface area contributed by atoms with Crippen molar-refractivity contribution < 1.29 is 0 Å². The molecule has 3 heteroatoms. The van der Waals surface area contributed by atoms with E-state index in [9.17, 15) is 0 Å². The molecule has 1 N–H and O–H groups in total. The van der Waals surface area contributed by atoms with Crippen molar-refractivity contribution in [2.75, 3.05) is 6.54 Å². The van der Waals surface area contributed by atoms with E-state index in [4.69, 9.17) is 11.6 Å². The molecule has 0 fully saturated rings. The molecule has 0 amide bonds. The van der Waals surface area contributed by atoms with Gasteiger partial charge >= 0.3 is 0 Å². The maximum Gasteiger partial charge on any atom is 0.0447 e. The summed E-state index contributed by atoms with van der Waals surface area (Å²) in [6.45, 7) is 4.07. The number of nitrogens with one attached hydrogen (secondary N) is 1. The van der Waals surface area contributed by atoms with Gasteiger partial charge in [-0.25, -0.2) is 0 Å². The molecule has 1 aromatic carbocycles. The fourth-order valence-corrected chi connectivity index (χ4v) is 2.22. The lowest BCUT2D eigenvalue weighted by Crippen LogP contribution is -2.13. The first kappa shape index (κ1) is 14.0. The van der Waals surface area contributed by atoms with Crippen molar-refractivity contribution in [1.29, 1.82) is 0 Å². The normalized spacial score (nSPS) is 10.6. The summed E-state index contributed by atoms with van der Waals surface area (Å²) in [7, 11) is 0. The van der Waals surface area contributed by atoms with E-state index in [1.807, 2.05) is 30.5 Å². The number of hydrogen-bond donors (Lipinski definition) is 1. The van der Waals surface area contributed by atoms with Crippen LogP contribution in [-0.2, 0) is 13.0 Å². The molecule has 2 aromatic rings. The Morgan fingerprint density at radius 3 is 2.79 bits per heavy atom. The van der Waals surface area contributed by atoms with Crippen LogP contribution in [0.25, 0.3) is 0 Å². The Morgan fingerprint density at radius 2 is 2.11 bits per heavy atom. The number of benzene rings is 1. The maximum atomic E-state index is 6.34. The van der Waals surface area contributed by atoms with Gasteiger partial charge in [0, 0.05) is 29.9 Å². The van der Waals surface area contributed by atoms with Gasteiger partial charge in [0.2, 0.25) is 0 Å². The molecule has 19 heavy (non-hydrogen) atoms.